The van der Waals surface area contributed by atoms with E-state index >= 15 is 0 Å². The highest BCUT2D eigenvalue weighted by atomic mass is 19.1. The Labute approximate surface area is 121 Å². The number of aliphatic hydroxyl groups is 2. The van der Waals surface area contributed by atoms with Crippen molar-refractivity contribution < 1.29 is 14.6 Å². The number of nitrogen functional groups attached to an aromatic ring is 1. The summed E-state index contributed by atoms with van der Waals surface area (Å²) < 4.78 is 14.0. The zero-order valence-electron chi connectivity index (χ0n) is 11.8. The van der Waals surface area contributed by atoms with Crippen LogP contribution in [0.15, 0.2) is 18.2 Å². The van der Waals surface area contributed by atoms with Crippen molar-refractivity contribution in [1.29, 1.82) is 0 Å². The second kappa shape index (κ2) is 6.64. The van der Waals surface area contributed by atoms with E-state index in [-0.39, 0.29) is 23.8 Å². The van der Waals surface area contributed by atoms with Crippen LogP contribution in [0.2, 0.25) is 0 Å². The van der Waals surface area contributed by atoms with Gasteiger partial charge in [0, 0.05) is 0 Å². The lowest BCUT2D eigenvalue weighted by Gasteiger charge is -2.23. The van der Waals surface area contributed by atoms with E-state index in [4.69, 9.17) is 5.73 Å². The van der Waals surface area contributed by atoms with Crippen LogP contribution < -0.4 is 11.1 Å². The fourth-order valence-electron chi connectivity index (χ4n) is 2.20. The number of fused-ring (bicyclic) bond motifs is 1. The number of anilines is 2. The molecule has 21 heavy (non-hydrogen) atoms. The van der Waals surface area contributed by atoms with E-state index < -0.39 is 18.0 Å². The molecule has 1 aromatic heterocycles. The van der Waals surface area contributed by atoms with Crippen molar-refractivity contribution in [3.63, 3.8) is 0 Å². The molecule has 6 nitrogen and oxygen atoms in total. The van der Waals surface area contributed by atoms with Crippen LogP contribution in [0.4, 0.5) is 16.2 Å². The number of nitrogens with zero attached hydrogens (tertiary/aromatic N) is 2. The van der Waals surface area contributed by atoms with Gasteiger partial charge < -0.3 is 21.3 Å². The minimum Gasteiger partial charge on any atom is -0.394 e. The van der Waals surface area contributed by atoms with E-state index in [9.17, 15) is 14.6 Å². The first-order valence-electron chi connectivity index (χ1n) is 6.84. The standard InChI is InChI=1S/C14H19FN4O2/c1-2-4-11(21)10(7-20)17-13-12-8(15)5-3-6-9(12)18-14(16)19-13/h3,5-6,10-11,20-21H,2,4,7H2,1H3,(H3,16,17,18,19)/t10-,11+/m0/s1. The van der Waals surface area contributed by atoms with E-state index in [1.807, 2.05) is 6.92 Å². The molecule has 2 rings (SSSR count). The molecule has 0 aliphatic heterocycles. The maximum absolute atomic E-state index is 14.0. The molecule has 0 spiro atoms. The van der Waals surface area contributed by atoms with Crippen LogP contribution in [0.3, 0.4) is 0 Å². The van der Waals surface area contributed by atoms with Crippen molar-refractivity contribution in [2.45, 2.75) is 31.9 Å². The first-order chi connectivity index (χ1) is 10.1. The first-order valence-corrected chi connectivity index (χ1v) is 6.84. The third-order valence-corrected chi connectivity index (χ3v) is 3.26. The molecule has 0 amide bonds. The van der Waals surface area contributed by atoms with Crippen LogP contribution in [0.5, 0.6) is 0 Å². The highest BCUT2D eigenvalue weighted by Crippen LogP contribution is 2.25. The second-order valence-corrected chi connectivity index (χ2v) is 4.85. The van der Waals surface area contributed by atoms with Crippen molar-refractivity contribution in [2.75, 3.05) is 17.7 Å². The van der Waals surface area contributed by atoms with Gasteiger partial charge in [-0.3, -0.25) is 0 Å². The zero-order chi connectivity index (χ0) is 15.4. The number of aliphatic hydroxyl groups excluding tert-OH is 2. The quantitative estimate of drug-likeness (QED) is 0.640. The fourth-order valence-corrected chi connectivity index (χ4v) is 2.20. The molecule has 7 heteroatoms. The largest absolute Gasteiger partial charge is 0.394 e. The normalized spacial score (nSPS) is 14.1. The maximum Gasteiger partial charge on any atom is 0.222 e. The third kappa shape index (κ3) is 3.37. The Morgan fingerprint density at radius 1 is 1.38 bits per heavy atom. The topological polar surface area (TPSA) is 104 Å². The number of rotatable bonds is 6. The lowest BCUT2D eigenvalue weighted by atomic mass is 10.1. The van der Waals surface area contributed by atoms with Gasteiger partial charge in [0.05, 0.1) is 29.7 Å². The van der Waals surface area contributed by atoms with Crippen molar-refractivity contribution in [3.8, 4) is 0 Å². The zero-order valence-corrected chi connectivity index (χ0v) is 11.8. The molecule has 0 aliphatic carbocycles. The van der Waals surface area contributed by atoms with Gasteiger partial charge in [0.1, 0.15) is 11.6 Å². The van der Waals surface area contributed by atoms with Crippen LogP contribution in [-0.2, 0) is 0 Å². The van der Waals surface area contributed by atoms with Gasteiger partial charge >= 0.3 is 0 Å². The van der Waals surface area contributed by atoms with Gasteiger partial charge in [-0.1, -0.05) is 19.4 Å². The molecule has 2 aromatic rings. The summed E-state index contributed by atoms with van der Waals surface area (Å²) in [5, 5.41) is 22.4. The molecule has 0 unspecified atom stereocenters. The highest BCUT2D eigenvalue weighted by molar-refractivity contribution is 5.90. The summed E-state index contributed by atoms with van der Waals surface area (Å²) in [6, 6.07) is 3.80. The monoisotopic (exact) mass is 294 g/mol. The van der Waals surface area contributed by atoms with E-state index in [2.05, 4.69) is 15.3 Å². The summed E-state index contributed by atoms with van der Waals surface area (Å²) in [5.74, 6) is -0.321. The fraction of sp³-hybridized carbons (Fsp3) is 0.429. The van der Waals surface area contributed by atoms with Crippen molar-refractivity contribution in [3.05, 3.63) is 24.0 Å². The van der Waals surface area contributed by atoms with E-state index in [1.165, 1.54) is 12.1 Å². The van der Waals surface area contributed by atoms with E-state index in [1.54, 1.807) is 6.07 Å². The molecule has 1 heterocycles. The number of hydrogen-bond donors (Lipinski definition) is 4. The Balaban J connectivity index is 2.41. The minimum atomic E-state index is -0.766. The maximum atomic E-state index is 14.0. The number of nitrogens with two attached hydrogens (primary N) is 1. The molecular formula is C14H19FN4O2. The molecule has 0 bridgehead atoms. The van der Waals surface area contributed by atoms with Crippen LogP contribution in [-0.4, -0.2) is 38.9 Å². The molecule has 0 fully saturated rings. The Bertz CT molecular complexity index is 623. The van der Waals surface area contributed by atoms with Crippen LogP contribution >= 0.6 is 0 Å². The molecule has 1 aromatic carbocycles. The number of nitrogens with one attached hydrogen (secondary N) is 1. The molecule has 114 valence electrons. The van der Waals surface area contributed by atoms with Gasteiger partial charge in [0.15, 0.2) is 0 Å². The number of aromatic nitrogens is 2. The lowest BCUT2D eigenvalue weighted by Crippen LogP contribution is -2.37. The van der Waals surface area contributed by atoms with Crippen LogP contribution in [0.25, 0.3) is 10.9 Å². The SMILES string of the molecule is CCC[C@@H](O)[C@H](CO)Nc1nc(N)nc2cccc(F)c12. The average molecular weight is 294 g/mol. The number of hydrogen-bond acceptors (Lipinski definition) is 6. The summed E-state index contributed by atoms with van der Waals surface area (Å²) in [6.07, 6.45) is 0.512. The first kappa shape index (κ1) is 15.4. The van der Waals surface area contributed by atoms with Gasteiger partial charge in [-0.15, -0.1) is 0 Å². The lowest BCUT2D eigenvalue weighted by molar-refractivity contribution is 0.109. The van der Waals surface area contributed by atoms with E-state index in [0.29, 0.717) is 11.9 Å². The molecule has 5 N–H and O–H groups in total. The van der Waals surface area contributed by atoms with Gasteiger partial charge in [0.25, 0.3) is 0 Å². The molecular weight excluding hydrogens is 275 g/mol. The van der Waals surface area contributed by atoms with Gasteiger partial charge in [0.2, 0.25) is 5.95 Å². The summed E-state index contributed by atoms with van der Waals surface area (Å²) in [7, 11) is 0. The van der Waals surface area contributed by atoms with Gasteiger partial charge in [-0.25, -0.2) is 9.37 Å². The second-order valence-electron chi connectivity index (χ2n) is 4.85. The summed E-state index contributed by atoms with van der Waals surface area (Å²) in [6.45, 7) is 1.62. The predicted octanol–water partition coefficient (Wildman–Crippen LogP) is 1.28. The molecule has 0 aliphatic rings. The van der Waals surface area contributed by atoms with Crippen LogP contribution in [0, 0.1) is 5.82 Å². The van der Waals surface area contributed by atoms with Crippen molar-refractivity contribution >= 4 is 22.7 Å². The van der Waals surface area contributed by atoms with Gasteiger partial charge in [-0.2, -0.15) is 4.98 Å². The highest BCUT2D eigenvalue weighted by Gasteiger charge is 2.20. The average Bonchev–Trinajstić information content (AvgIpc) is 2.44. The van der Waals surface area contributed by atoms with Crippen molar-refractivity contribution in [1.82, 2.24) is 9.97 Å². The Hall–Kier alpha value is -1.99. The molecule has 0 saturated heterocycles. The molecule has 0 saturated carbocycles. The Morgan fingerprint density at radius 2 is 2.14 bits per heavy atom. The third-order valence-electron chi connectivity index (χ3n) is 3.26. The van der Waals surface area contributed by atoms with E-state index in [0.717, 1.165) is 6.42 Å². The smallest absolute Gasteiger partial charge is 0.222 e. The summed E-state index contributed by atoms with van der Waals surface area (Å²) in [4.78, 5) is 7.96. The van der Waals surface area contributed by atoms with Crippen molar-refractivity contribution in [2.24, 2.45) is 0 Å². The number of benzene rings is 1. The minimum absolute atomic E-state index is 0.00253. The summed E-state index contributed by atoms with van der Waals surface area (Å²) in [5.41, 5.74) is 5.98. The molecule has 0 radical (unpaired) electrons. The Kier molecular flexibility index (Phi) is 4.87. The summed E-state index contributed by atoms with van der Waals surface area (Å²) >= 11 is 0. The molecule has 2 atom stereocenters. The van der Waals surface area contributed by atoms with Crippen LogP contribution in [0.1, 0.15) is 19.8 Å². The number of halogens is 1. The van der Waals surface area contributed by atoms with Gasteiger partial charge in [-0.05, 0) is 18.6 Å². The predicted molar refractivity (Wildman–Crippen MR) is 79.3 cm³/mol. The Morgan fingerprint density at radius 3 is 2.81 bits per heavy atom.